The number of carbonyl (C=O) groups is 1. The largest absolute Gasteiger partial charge is 0.355 e. The van der Waals surface area contributed by atoms with Crippen molar-refractivity contribution in [2.75, 3.05) is 20.1 Å². The van der Waals surface area contributed by atoms with Crippen LogP contribution in [0, 0.1) is 0 Å². The lowest BCUT2D eigenvalue weighted by Crippen LogP contribution is -2.38. The number of likely N-dealkylation sites (N-methyl/N-ethyl adjacent to an activating group) is 2. The van der Waals surface area contributed by atoms with Crippen LogP contribution in [0.5, 0.6) is 0 Å². The van der Waals surface area contributed by atoms with E-state index in [1.165, 1.54) is 19.2 Å². The van der Waals surface area contributed by atoms with Gasteiger partial charge in [-0.25, -0.2) is 8.42 Å². The van der Waals surface area contributed by atoms with Gasteiger partial charge in [0.2, 0.25) is 15.9 Å². The van der Waals surface area contributed by atoms with E-state index in [1.54, 1.807) is 6.92 Å². The topological polar surface area (TPSA) is 66.5 Å². The molecule has 0 unspecified atom stereocenters. The van der Waals surface area contributed by atoms with E-state index in [9.17, 15) is 13.2 Å². The number of halogens is 3. The summed E-state index contributed by atoms with van der Waals surface area (Å²) in [6.45, 7) is 1.86. The summed E-state index contributed by atoms with van der Waals surface area (Å²) in [5, 5.41) is 2.51. The Morgan fingerprint density at radius 1 is 1.35 bits per heavy atom. The molecule has 9 heteroatoms. The normalized spacial score (nSPS) is 11.7. The molecule has 1 aromatic carbocycles. The Kier molecular flexibility index (Phi) is 6.27. The number of hydrogen-bond acceptors (Lipinski definition) is 3. The molecule has 1 rings (SSSR count). The zero-order valence-electron chi connectivity index (χ0n) is 10.8. The predicted molar refractivity (Wildman–Crippen MR) is 82.7 cm³/mol. The van der Waals surface area contributed by atoms with E-state index in [4.69, 9.17) is 23.2 Å². The molecular weight excluding hydrogens is 391 g/mol. The van der Waals surface area contributed by atoms with E-state index in [2.05, 4.69) is 21.2 Å². The molecule has 1 amide bonds. The van der Waals surface area contributed by atoms with Crippen LogP contribution in [0.4, 0.5) is 0 Å². The van der Waals surface area contributed by atoms with E-state index >= 15 is 0 Å². The van der Waals surface area contributed by atoms with Gasteiger partial charge in [-0.05, 0) is 19.1 Å². The van der Waals surface area contributed by atoms with Crippen LogP contribution in [0.15, 0.2) is 21.5 Å². The Labute approximate surface area is 136 Å². The number of rotatable bonds is 5. The molecule has 0 saturated heterocycles. The molecule has 20 heavy (non-hydrogen) atoms. The number of nitrogens with zero attached hydrogens (tertiary/aromatic N) is 1. The molecular formula is C11H13BrCl2N2O3S. The van der Waals surface area contributed by atoms with Crippen molar-refractivity contribution in [1.82, 2.24) is 9.62 Å². The van der Waals surface area contributed by atoms with Gasteiger partial charge < -0.3 is 5.32 Å². The molecule has 0 aromatic heterocycles. The summed E-state index contributed by atoms with van der Waals surface area (Å²) >= 11 is 15.1. The Hall–Kier alpha value is -0.340. The van der Waals surface area contributed by atoms with E-state index < -0.39 is 15.9 Å². The minimum absolute atomic E-state index is 0.00729. The molecule has 0 atom stereocenters. The first-order valence-electron chi connectivity index (χ1n) is 5.57. The summed E-state index contributed by atoms with van der Waals surface area (Å²) < 4.78 is 26.2. The molecule has 0 aliphatic rings. The molecule has 1 aromatic rings. The third-order valence-corrected chi connectivity index (χ3v) is 5.56. The fraction of sp³-hybridized carbons (Fsp3) is 0.364. The summed E-state index contributed by atoms with van der Waals surface area (Å²) in [7, 11) is -2.65. The molecule has 1 N–H and O–H groups in total. The highest BCUT2D eigenvalue weighted by molar-refractivity contribution is 9.10. The maximum absolute atomic E-state index is 12.4. The van der Waals surface area contributed by atoms with E-state index in [0.29, 0.717) is 11.0 Å². The fourth-order valence-electron chi connectivity index (χ4n) is 1.47. The van der Waals surface area contributed by atoms with Crippen LogP contribution in [0.25, 0.3) is 0 Å². The van der Waals surface area contributed by atoms with Gasteiger partial charge >= 0.3 is 0 Å². The number of carbonyl (C=O) groups excluding carboxylic acids is 1. The Morgan fingerprint density at radius 2 is 1.85 bits per heavy atom. The Morgan fingerprint density at radius 3 is 2.30 bits per heavy atom. The standard InChI is InChI=1S/C11H13BrCl2N2O3S/c1-3-15-10(17)6-16(2)20(18,19)11-8(13)4-7(12)5-9(11)14/h4-5H,3,6H2,1-2H3,(H,15,17). The minimum Gasteiger partial charge on any atom is -0.355 e. The second-order valence-corrected chi connectivity index (χ2v) is 7.62. The first-order chi connectivity index (χ1) is 9.20. The van der Waals surface area contributed by atoms with E-state index in [0.717, 1.165) is 4.31 Å². The zero-order valence-corrected chi connectivity index (χ0v) is 14.7. The summed E-state index contributed by atoms with van der Waals surface area (Å²) in [4.78, 5) is 11.3. The summed E-state index contributed by atoms with van der Waals surface area (Å²) in [5.74, 6) is -0.400. The lowest BCUT2D eigenvalue weighted by atomic mass is 10.4. The number of benzene rings is 1. The van der Waals surface area contributed by atoms with E-state index in [-0.39, 0.29) is 21.5 Å². The van der Waals surface area contributed by atoms with Gasteiger partial charge in [-0.1, -0.05) is 39.1 Å². The molecule has 0 radical (unpaired) electrons. The molecule has 0 fully saturated rings. The van der Waals surface area contributed by atoms with Crippen LogP contribution in [-0.2, 0) is 14.8 Å². The number of amides is 1. The summed E-state index contributed by atoms with van der Waals surface area (Å²) in [6, 6.07) is 2.86. The maximum Gasteiger partial charge on any atom is 0.246 e. The van der Waals surface area contributed by atoms with Crippen molar-refractivity contribution in [3.63, 3.8) is 0 Å². The number of sulfonamides is 1. The molecule has 112 valence electrons. The maximum atomic E-state index is 12.4. The van der Waals surface area contributed by atoms with Crippen LogP contribution < -0.4 is 5.32 Å². The second kappa shape index (κ2) is 7.09. The minimum atomic E-state index is -3.94. The molecule has 0 bridgehead atoms. The van der Waals surface area contributed by atoms with Crippen molar-refractivity contribution >= 4 is 55.1 Å². The number of nitrogens with one attached hydrogen (secondary N) is 1. The lowest BCUT2D eigenvalue weighted by molar-refractivity contribution is -0.121. The molecule has 5 nitrogen and oxygen atoms in total. The predicted octanol–water partition coefficient (Wildman–Crippen LogP) is 2.51. The van der Waals surface area contributed by atoms with Crippen LogP contribution in [0.3, 0.4) is 0 Å². The van der Waals surface area contributed by atoms with Gasteiger partial charge in [0.05, 0.1) is 16.6 Å². The van der Waals surface area contributed by atoms with E-state index in [1.807, 2.05) is 0 Å². The molecule has 0 aliphatic heterocycles. The highest BCUT2D eigenvalue weighted by Crippen LogP contribution is 2.34. The molecule has 0 heterocycles. The van der Waals surface area contributed by atoms with Crippen molar-refractivity contribution in [2.24, 2.45) is 0 Å². The quantitative estimate of drug-likeness (QED) is 0.821. The second-order valence-electron chi connectivity index (χ2n) is 3.91. The number of hydrogen-bond donors (Lipinski definition) is 1. The highest BCUT2D eigenvalue weighted by Gasteiger charge is 2.28. The van der Waals surface area contributed by atoms with Crippen molar-refractivity contribution in [3.05, 3.63) is 26.7 Å². The van der Waals surface area contributed by atoms with Gasteiger partial charge in [0.1, 0.15) is 4.90 Å². The molecule has 0 saturated carbocycles. The van der Waals surface area contributed by atoms with Crippen LogP contribution >= 0.6 is 39.1 Å². The highest BCUT2D eigenvalue weighted by atomic mass is 79.9. The Balaban J connectivity index is 3.14. The van der Waals surface area contributed by atoms with Gasteiger partial charge in [-0.2, -0.15) is 4.31 Å². The van der Waals surface area contributed by atoms with Gasteiger partial charge in [0, 0.05) is 18.1 Å². The Bertz CT molecular complexity index is 599. The smallest absolute Gasteiger partial charge is 0.246 e. The average Bonchev–Trinajstić information content (AvgIpc) is 2.26. The zero-order chi connectivity index (χ0) is 15.5. The average molecular weight is 404 g/mol. The van der Waals surface area contributed by atoms with Gasteiger partial charge in [-0.3, -0.25) is 4.79 Å². The summed E-state index contributed by atoms with van der Waals surface area (Å²) in [5.41, 5.74) is 0. The van der Waals surface area contributed by atoms with Crippen molar-refractivity contribution < 1.29 is 13.2 Å². The van der Waals surface area contributed by atoms with Crippen LogP contribution in [0.1, 0.15) is 6.92 Å². The third kappa shape index (κ3) is 4.08. The van der Waals surface area contributed by atoms with Crippen molar-refractivity contribution in [3.8, 4) is 0 Å². The van der Waals surface area contributed by atoms with Gasteiger partial charge in [-0.15, -0.1) is 0 Å². The third-order valence-electron chi connectivity index (χ3n) is 2.37. The first-order valence-corrected chi connectivity index (χ1v) is 8.56. The van der Waals surface area contributed by atoms with Gasteiger partial charge in [0.15, 0.2) is 0 Å². The van der Waals surface area contributed by atoms with Crippen LogP contribution in [-0.4, -0.2) is 38.8 Å². The van der Waals surface area contributed by atoms with Crippen molar-refractivity contribution in [1.29, 1.82) is 0 Å². The van der Waals surface area contributed by atoms with Gasteiger partial charge in [0.25, 0.3) is 0 Å². The first kappa shape index (κ1) is 17.7. The SMILES string of the molecule is CCNC(=O)CN(C)S(=O)(=O)c1c(Cl)cc(Br)cc1Cl. The fourth-order valence-corrected chi connectivity index (χ4v) is 4.47. The molecule has 0 spiro atoms. The monoisotopic (exact) mass is 402 g/mol. The summed E-state index contributed by atoms with van der Waals surface area (Å²) in [6.07, 6.45) is 0. The van der Waals surface area contributed by atoms with Crippen LogP contribution in [0.2, 0.25) is 10.0 Å². The van der Waals surface area contributed by atoms with Crippen molar-refractivity contribution in [2.45, 2.75) is 11.8 Å². The molecule has 0 aliphatic carbocycles. The lowest BCUT2D eigenvalue weighted by Gasteiger charge is -2.18.